The third kappa shape index (κ3) is 5.01. The molecule has 6 nitrogen and oxygen atoms in total. The van der Waals surface area contributed by atoms with Gasteiger partial charge in [-0.25, -0.2) is 9.59 Å². The predicted octanol–water partition coefficient (Wildman–Crippen LogP) is 3.00. The molecular weight excluding hydrogens is 310 g/mol. The van der Waals surface area contributed by atoms with E-state index in [1.807, 2.05) is 39.0 Å². The fourth-order valence-electron chi connectivity index (χ4n) is 2.23. The molecule has 0 bridgehead atoms. The summed E-state index contributed by atoms with van der Waals surface area (Å²) < 4.78 is 15.7. The number of methoxy groups -OCH3 is 1. The Balaban J connectivity index is 2.17. The molecule has 0 unspecified atom stereocenters. The highest BCUT2D eigenvalue weighted by molar-refractivity contribution is 5.87. The first kappa shape index (κ1) is 17.8. The SMILES string of the molecule is COC(=O)C=Cc1ccc2c(c1)CN(C(=O)OC(C)(C)C)CCO2. The van der Waals surface area contributed by atoms with Crippen molar-refractivity contribution in [3.8, 4) is 5.75 Å². The molecule has 0 atom stereocenters. The molecule has 0 N–H and O–H groups in total. The van der Waals surface area contributed by atoms with Gasteiger partial charge in [-0.1, -0.05) is 6.07 Å². The summed E-state index contributed by atoms with van der Waals surface area (Å²) in [4.78, 5) is 25.1. The Labute approximate surface area is 142 Å². The maximum Gasteiger partial charge on any atom is 0.410 e. The van der Waals surface area contributed by atoms with Crippen LogP contribution in [0.4, 0.5) is 4.79 Å². The first-order chi connectivity index (χ1) is 11.3. The number of ether oxygens (including phenoxy) is 3. The van der Waals surface area contributed by atoms with Crippen molar-refractivity contribution in [1.29, 1.82) is 0 Å². The average Bonchev–Trinajstić information content (AvgIpc) is 2.72. The Morgan fingerprint density at radius 1 is 1.29 bits per heavy atom. The topological polar surface area (TPSA) is 65.1 Å². The van der Waals surface area contributed by atoms with Crippen LogP contribution in [0.5, 0.6) is 5.75 Å². The van der Waals surface area contributed by atoms with Crippen LogP contribution < -0.4 is 4.74 Å². The number of rotatable bonds is 2. The van der Waals surface area contributed by atoms with Gasteiger partial charge in [0.2, 0.25) is 0 Å². The molecule has 1 aromatic carbocycles. The minimum absolute atomic E-state index is 0.366. The van der Waals surface area contributed by atoms with E-state index in [2.05, 4.69) is 4.74 Å². The standard InChI is InChI=1S/C18H23NO5/c1-18(2,3)24-17(21)19-9-10-23-15-7-5-13(11-14(15)12-19)6-8-16(20)22-4/h5-8,11H,9-10,12H2,1-4H3. The van der Waals surface area contributed by atoms with Crippen LogP contribution in [0.25, 0.3) is 6.08 Å². The number of esters is 1. The Morgan fingerprint density at radius 3 is 2.71 bits per heavy atom. The van der Waals surface area contributed by atoms with Crippen LogP contribution in [0.15, 0.2) is 24.3 Å². The average molecular weight is 333 g/mol. The van der Waals surface area contributed by atoms with Gasteiger partial charge in [0, 0.05) is 11.6 Å². The molecule has 6 heteroatoms. The van der Waals surface area contributed by atoms with Crippen LogP contribution in [0, 0.1) is 0 Å². The van der Waals surface area contributed by atoms with Gasteiger partial charge in [-0.05, 0) is 44.5 Å². The monoisotopic (exact) mass is 333 g/mol. The van der Waals surface area contributed by atoms with Gasteiger partial charge >= 0.3 is 12.1 Å². The van der Waals surface area contributed by atoms with Crippen LogP contribution >= 0.6 is 0 Å². The number of benzene rings is 1. The summed E-state index contributed by atoms with van der Waals surface area (Å²) in [5, 5.41) is 0. The molecule has 0 saturated carbocycles. The fourth-order valence-corrected chi connectivity index (χ4v) is 2.23. The van der Waals surface area contributed by atoms with E-state index in [1.54, 1.807) is 11.0 Å². The molecule has 130 valence electrons. The number of nitrogens with zero attached hydrogens (tertiary/aromatic N) is 1. The highest BCUT2D eigenvalue weighted by Crippen LogP contribution is 2.26. The van der Waals surface area contributed by atoms with Crippen molar-refractivity contribution >= 4 is 18.1 Å². The molecule has 1 aliphatic rings. The zero-order chi connectivity index (χ0) is 17.7. The summed E-state index contributed by atoms with van der Waals surface area (Å²) in [5.41, 5.74) is 1.15. The quantitative estimate of drug-likeness (QED) is 0.615. The van der Waals surface area contributed by atoms with Crippen molar-refractivity contribution in [2.24, 2.45) is 0 Å². The molecule has 24 heavy (non-hydrogen) atoms. The van der Waals surface area contributed by atoms with Gasteiger partial charge < -0.3 is 19.1 Å². The largest absolute Gasteiger partial charge is 0.491 e. The molecule has 0 spiro atoms. The lowest BCUT2D eigenvalue weighted by molar-refractivity contribution is -0.134. The molecule has 2 rings (SSSR count). The van der Waals surface area contributed by atoms with Crippen molar-refractivity contribution in [2.45, 2.75) is 32.9 Å². The summed E-state index contributed by atoms with van der Waals surface area (Å²) >= 11 is 0. The summed E-state index contributed by atoms with van der Waals surface area (Å²) in [7, 11) is 1.33. The highest BCUT2D eigenvalue weighted by Gasteiger charge is 2.25. The van der Waals surface area contributed by atoms with Crippen molar-refractivity contribution in [2.75, 3.05) is 20.3 Å². The van der Waals surface area contributed by atoms with Crippen LogP contribution in [0.3, 0.4) is 0 Å². The Kier molecular flexibility index (Phi) is 5.49. The van der Waals surface area contributed by atoms with E-state index in [4.69, 9.17) is 9.47 Å². The molecule has 0 aliphatic carbocycles. The van der Waals surface area contributed by atoms with Crippen molar-refractivity contribution in [3.05, 3.63) is 35.4 Å². The van der Waals surface area contributed by atoms with E-state index in [-0.39, 0.29) is 6.09 Å². The molecule has 1 amide bonds. The molecular formula is C18H23NO5. The first-order valence-corrected chi connectivity index (χ1v) is 7.78. The number of hydrogen-bond donors (Lipinski definition) is 0. The van der Waals surface area contributed by atoms with E-state index < -0.39 is 11.6 Å². The molecule has 0 saturated heterocycles. The lowest BCUT2D eigenvalue weighted by Gasteiger charge is -2.26. The lowest BCUT2D eigenvalue weighted by atomic mass is 10.1. The van der Waals surface area contributed by atoms with Gasteiger partial charge in [-0.15, -0.1) is 0 Å². The number of carbonyl (C=O) groups excluding carboxylic acids is 2. The summed E-state index contributed by atoms with van der Waals surface area (Å²) in [6.07, 6.45) is 2.65. The maximum absolute atomic E-state index is 12.3. The fraction of sp³-hybridized carbons (Fsp3) is 0.444. The first-order valence-electron chi connectivity index (χ1n) is 7.78. The second-order valence-electron chi connectivity index (χ2n) is 6.47. The second kappa shape index (κ2) is 7.38. The second-order valence-corrected chi connectivity index (χ2v) is 6.47. The van der Waals surface area contributed by atoms with Gasteiger partial charge in [0.05, 0.1) is 20.2 Å². The number of amides is 1. The van der Waals surface area contributed by atoms with E-state index in [0.29, 0.717) is 19.7 Å². The Morgan fingerprint density at radius 2 is 2.04 bits per heavy atom. The van der Waals surface area contributed by atoms with E-state index in [1.165, 1.54) is 13.2 Å². The summed E-state index contributed by atoms with van der Waals surface area (Å²) in [6, 6.07) is 5.57. The third-order valence-electron chi connectivity index (χ3n) is 3.33. The number of fused-ring (bicyclic) bond motifs is 1. The number of carbonyl (C=O) groups is 2. The molecule has 0 aromatic heterocycles. The maximum atomic E-state index is 12.3. The van der Waals surface area contributed by atoms with Gasteiger partial charge in [0.25, 0.3) is 0 Å². The van der Waals surface area contributed by atoms with Crippen LogP contribution in [-0.2, 0) is 20.8 Å². The van der Waals surface area contributed by atoms with Crippen molar-refractivity contribution in [3.63, 3.8) is 0 Å². The molecule has 1 heterocycles. The summed E-state index contributed by atoms with van der Waals surface area (Å²) in [6.45, 7) is 6.76. The van der Waals surface area contributed by atoms with Gasteiger partial charge in [-0.2, -0.15) is 0 Å². The van der Waals surface area contributed by atoms with Crippen LogP contribution in [0.2, 0.25) is 0 Å². The summed E-state index contributed by atoms with van der Waals surface area (Å²) in [5.74, 6) is 0.313. The van der Waals surface area contributed by atoms with E-state index in [9.17, 15) is 9.59 Å². The van der Waals surface area contributed by atoms with Crippen molar-refractivity contribution < 1.29 is 23.8 Å². The molecule has 1 aliphatic heterocycles. The third-order valence-corrected chi connectivity index (χ3v) is 3.33. The smallest absolute Gasteiger partial charge is 0.410 e. The van der Waals surface area contributed by atoms with Crippen molar-refractivity contribution in [1.82, 2.24) is 4.90 Å². The minimum Gasteiger partial charge on any atom is -0.491 e. The molecule has 0 fully saturated rings. The zero-order valence-electron chi connectivity index (χ0n) is 14.5. The highest BCUT2D eigenvalue weighted by atomic mass is 16.6. The molecule has 1 aromatic rings. The normalized spacial score (nSPS) is 14.6. The van der Waals surface area contributed by atoms with Gasteiger partial charge in [0.15, 0.2) is 0 Å². The zero-order valence-corrected chi connectivity index (χ0v) is 14.5. The lowest BCUT2D eigenvalue weighted by Crippen LogP contribution is -2.37. The van der Waals surface area contributed by atoms with E-state index in [0.717, 1.165) is 16.9 Å². The van der Waals surface area contributed by atoms with E-state index >= 15 is 0 Å². The Hall–Kier alpha value is -2.50. The molecule has 0 radical (unpaired) electrons. The van der Waals surface area contributed by atoms with Crippen LogP contribution in [0.1, 0.15) is 31.9 Å². The minimum atomic E-state index is -0.543. The predicted molar refractivity (Wildman–Crippen MR) is 89.6 cm³/mol. The Bertz CT molecular complexity index is 645. The number of hydrogen-bond acceptors (Lipinski definition) is 5. The van der Waals surface area contributed by atoms with Gasteiger partial charge in [0.1, 0.15) is 18.0 Å². The van der Waals surface area contributed by atoms with Gasteiger partial charge in [-0.3, -0.25) is 0 Å². The van der Waals surface area contributed by atoms with Crippen LogP contribution in [-0.4, -0.2) is 42.8 Å².